The van der Waals surface area contributed by atoms with E-state index >= 15 is 0 Å². The number of aliphatic hydroxyl groups excluding tert-OH is 1. The van der Waals surface area contributed by atoms with E-state index in [2.05, 4.69) is 10.6 Å². The lowest BCUT2D eigenvalue weighted by Gasteiger charge is -2.24. The smallest absolute Gasteiger partial charge is 0.396 e. The molecule has 2 amide bonds. The van der Waals surface area contributed by atoms with E-state index in [4.69, 9.17) is 5.11 Å². The van der Waals surface area contributed by atoms with Crippen molar-refractivity contribution in [1.29, 1.82) is 0 Å². The first kappa shape index (κ1) is 20.3. The molecule has 0 fully saturated rings. The van der Waals surface area contributed by atoms with Crippen molar-refractivity contribution in [2.24, 2.45) is 11.8 Å². The quantitative estimate of drug-likeness (QED) is 0.705. The normalized spacial score (nSPS) is 14.3. The zero-order valence-electron chi connectivity index (χ0n) is 14.2. The minimum atomic E-state index is -4.42. The molecule has 2 unspecified atom stereocenters. The molecule has 0 heterocycles. The number of carbonyl (C=O) groups excluding carboxylic acids is 1. The number of halogens is 3. The highest BCUT2D eigenvalue weighted by molar-refractivity contribution is 5.74. The van der Waals surface area contributed by atoms with Gasteiger partial charge in [-0.15, -0.1) is 0 Å². The van der Waals surface area contributed by atoms with Crippen LogP contribution in [0.25, 0.3) is 0 Å². The van der Waals surface area contributed by atoms with Gasteiger partial charge in [0, 0.05) is 13.2 Å². The van der Waals surface area contributed by atoms with Crippen molar-refractivity contribution in [3.05, 3.63) is 35.4 Å². The Morgan fingerprint density at radius 1 is 1.25 bits per heavy atom. The maximum atomic E-state index is 12.9. The first-order chi connectivity index (χ1) is 11.1. The van der Waals surface area contributed by atoms with Crippen molar-refractivity contribution < 1.29 is 23.1 Å². The lowest BCUT2D eigenvalue weighted by Crippen LogP contribution is -2.41. The first-order valence-electron chi connectivity index (χ1n) is 7.97. The summed E-state index contributed by atoms with van der Waals surface area (Å²) in [4.78, 5) is 12.0. The SMILES string of the molecule is CC(CCO)CNC(=O)NC(c1cccc(C(F)(F)F)c1)C(C)C. The Kier molecular flexibility index (Phi) is 7.54. The Morgan fingerprint density at radius 2 is 1.92 bits per heavy atom. The van der Waals surface area contributed by atoms with E-state index in [0.717, 1.165) is 12.1 Å². The Hall–Kier alpha value is -1.76. The van der Waals surface area contributed by atoms with Crippen molar-refractivity contribution in [3.8, 4) is 0 Å². The van der Waals surface area contributed by atoms with Gasteiger partial charge in [0.25, 0.3) is 0 Å². The van der Waals surface area contributed by atoms with Crippen LogP contribution in [-0.2, 0) is 6.18 Å². The Bertz CT molecular complexity index is 533. The molecule has 0 bridgehead atoms. The molecule has 0 radical (unpaired) electrons. The second-order valence-corrected chi connectivity index (χ2v) is 6.32. The molecule has 0 aliphatic heterocycles. The van der Waals surface area contributed by atoms with Crippen LogP contribution >= 0.6 is 0 Å². The molecule has 4 nitrogen and oxygen atoms in total. The van der Waals surface area contributed by atoms with Gasteiger partial charge in [-0.05, 0) is 36.0 Å². The number of rotatable bonds is 7. The van der Waals surface area contributed by atoms with Crippen LogP contribution in [0.1, 0.15) is 44.4 Å². The molecule has 0 saturated carbocycles. The zero-order chi connectivity index (χ0) is 18.3. The summed E-state index contributed by atoms with van der Waals surface area (Å²) in [7, 11) is 0. The van der Waals surface area contributed by atoms with Gasteiger partial charge in [0.15, 0.2) is 0 Å². The third kappa shape index (κ3) is 6.39. The fourth-order valence-electron chi connectivity index (χ4n) is 2.32. The lowest BCUT2D eigenvalue weighted by molar-refractivity contribution is -0.137. The Labute approximate surface area is 140 Å². The molecular weight excluding hydrogens is 321 g/mol. The molecule has 0 spiro atoms. The van der Waals surface area contributed by atoms with Gasteiger partial charge in [-0.2, -0.15) is 13.2 Å². The summed E-state index contributed by atoms with van der Waals surface area (Å²) < 4.78 is 38.6. The summed E-state index contributed by atoms with van der Waals surface area (Å²) in [6.45, 7) is 5.99. The van der Waals surface area contributed by atoms with Gasteiger partial charge in [0.05, 0.1) is 11.6 Å². The summed E-state index contributed by atoms with van der Waals surface area (Å²) in [6, 6.07) is 4.04. The van der Waals surface area contributed by atoms with Gasteiger partial charge >= 0.3 is 12.2 Å². The number of hydrogen-bond acceptors (Lipinski definition) is 2. The third-order valence-corrected chi connectivity index (χ3v) is 3.76. The standard InChI is InChI=1S/C17H25F3N2O2/c1-11(2)15(22-16(24)21-10-12(3)7-8-23)13-5-4-6-14(9-13)17(18,19)20/h4-6,9,11-12,15,23H,7-8,10H2,1-3H3,(H2,21,22,24). The van der Waals surface area contributed by atoms with Crippen molar-refractivity contribution in [3.63, 3.8) is 0 Å². The number of aliphatic hydroxyl groups is 1. The van der Waals surface area contributed by atoms with E-state index in [1.165, 1.54) is 6.07 Å². The van der Waals surface area contributed by atoms with Gasteiger partial charge < -0.3 is 15.7 Å². The van der Waals surface area contributed by atoms with Gasteiger partial charge in [-0.1, -0.05) is 32.9 Å². The number of urea groups is 1. The van der Waals surface area contributed by atoms with E-state index in [1.54, 1.807) is 6.07 Å². The zero-order valence-corrected chi connectivity index (χ0v) is 14.2. The van der Waals surface area contributed by atoms with Crippen molar-refractivity contribution in [1.82, 2.24) is 10.6 Å². The summed E-state index contributed by atoms with van der Waals surface area (Å²) in [6.07, 6.45) is -3.85. The highest BCUT2D eigenvalue weighted by Gasteiger charge is 2.31. The van der Waals surface area contributed by atoms with E-state index in [0.29, 0.717) is 18.5 Å². The number of nitrogens with one attached hydrogen (secondary N) is 2. The molecule has 1 aromatic rings. The lowest BCUT2D eigenvalue weighted by atomic mass is 9.94. The maximum absolute atomic E-state index is 12.9. The van der Waals surface area contributed by atoms with Crippen LogP contribution < -0.4 is 10.6 Å². The Morgan fingerprint density at radius 3 is 2.46 bits per heavy atom. The molecule has 1 aromatic carbocycles. The molecule has 3 N–H and O–H groups in total. The second kappa shape index (κ2) is 8.92. The van der Waals surface area contributed by atoms with Crippen LogP contribution in [0.3, 0.4) is 0 Å². The van der Waals surface area contributed by atoms with Gasteiger partial charge in [0.2, 0.25) is 0 Å². The molecule has 1 rings (SSSR count). The average molecular weight is 346 g/mol. The van der Waals surface area contributed by atoms with Gasteiger partial charge in [-0.25, -0.2) is 4.79 Å². The van der Waals surface area contributed by atoms with Gasteiger partial charge in [-0.3, -0.25) is 0 Å². The summed E-state index contributed by atoms with van der Waals surface area (Å²) in [5.41, 5.74) is -0.317. The predicted octanol–water partition coefficient (Wildman–Crippen LogP) is 3.72. The molecular formula is C17H25F3N2O2. The number of amides is 2. The maximum Gasteiger partial charge on any atom is 0.416 e. The Balaban J connectivity index is 2.79. The highest BCUT2D eigenvalue weighted by Crippen LogP contribution is 2.32. The first-order valence-corrected chi connectivity index (χ1v) is 7.97. The van der Waals surface area contributed by atoms with E-state index < -0.39 is 23.8 Å². The molecule has 0 aliphatic carbocycles. The van der Waals surface area contributed by atoms with E-state index in [-0.39, 0.29) is 18.4 Å². The van der Waals surface area contributed by atoms with Crippen molar-refractivity contribution in [2.45, 2.75) is 39.4 Å². The molecule has 0 aromatic heterocycles. The molecule has 24 heavy (non-hydrogen) atoms. The van der Waals surface area contributed by atoms with Crippen molar-refractivity contribution >= 4 is 6.03 Å². The van der Waals surface area contributed by atoms with Crippen molar-refractivity contribution in [2.75, 3.05) is 13.2 Å². The number of benzene rings is 1. The minimum absolute atomic E-state index is 0.0450. The van der Waals surface area contributed by atoms with Crippen LogP contribution in [0.5, 0.6) is 0 Å². The summed E-state index contributed by atoms with van der Waals surface area (Å²) in [5, 5.41) is 14.3. The number of alkyl halides is 3. The predicted molar refractivity (Wildman–Crippen MR) is 86.4 cm³/mol. The molecule has 2 atom stereocenters. The van der Waals surface area contributed by atoms with Crippen LogP contribution in [0, 0.1) is 11.8 Å². The third-order valence-electron chi connectivity index (χ3n) is 3.76. The van der Waals surface area contributed by atoms with E-state index in [1.807, 2.05) is 20.8 Å². The molecule has 0 saturated heterocycles. The van der Waals surface area contributed by atoms with Gasteiger partial charge in [0.1, 0.15) is 0 Å². The minimum Gasteiger partial charge on any atom is -0.396 e. The average Bonchev–Trinajstić information content (AvgIpc) is 2.50. The number of hydrogen-bond donors (Lipinski definition) is 3. The van der Waals surface area contributed by atoms with Crippen LogP contribution in [0.15, 0.2) is 24.3 Å². The van der Waals surface area contributed by atoms with E-state index in [9.17, 15) is 18.0 Å². The monoisotopic (exact) mass is 346 g/mol. The molecule has 7 heteroatoms. The fourth-order valence-corrected chi connectivity index (χ4v) is 2.32. The largest absolute Gasteiger partial charge is 0.416 e. The fraction of sp³-hybridized carbons (Fsp3) is 0.588. The highest BCUT2D eigenvalue weighted by atomic mass is 19.4. The second-order valence-electron chi connectivity index (χ2n) is 6.32. The summed E-state index contributed by atoms with van der Waals surface area (Å²) in [5.74, 6) is 0.0425. The molecule has 136 valence electrons. The van der Waals surface area contributed by atoms with Crippen LogP contribution in [0.2, 0.25) is 0 Å². The molecule has 0 aliphatic rings. The van der Waals surface area contributed by atoms with Crippen LogP contribution in [-0.4, -0.2) is 24.3 Å². The van der Waals surface area contributed by atoms with Crippen LogP contribution in [0.4, 0.5) is 18.0 Å². The number of carbonyl (C=O) groups is 1. The summed E-state index contributed by atoms with van der Waals surface area (Å²) >= 11 is 0. The topological polar surface area (TPSA) is 61.4 Å².